The molecule has 0 heterocycles. The second kappa shape index (κ2) is 8.83. The number of nitrogens with two attached hydrogens (primary N) is 1. The summed E-state index contributed by atoms with van der Waals surface area (Å²) >= 11 is 0. The zero-order chi connectivity index (χ0) is 21.8. The van der Waals surface area contributed by atoms with Crippen molar-refractivity contribution in [2.24, 2.45) is 0 Å². The van der Waals surface area contributed by atoms with Crippen LogP contribution in [0, 0.1) is 0 Å². The molecule has 2 heteroatoms. The summed E-state index contributed by atoms with van der Waals surface area (Å²) < 4.78 is 0. The molecule has 0 spiro atoms. The first kappa shape index (κ1) is 19.7. The van der Waals surface area contributed by atoms with Gasteiger partial charge >= 0.3 is 0 Å². The van der Waals surface area contributed by atoms with Crippen molar-refractivity contribution in [3.8, 4) is 11.1 Å². The molecule has 0 amide bonds. The Balaban J connectivity index is 1.58. The minimum absolute atomic E-state index is 0.776. The zero-order valence-corrected chi connectivity index (χ0v) is 17.7. The van der Waals surface area contributed by atoms with Gasteiger partial charge in [0.1, 0.15) is 0 Å². The molecule has 0 saturated carbocycles. The van der Waals surface area contributed by atoms with Crippen molar-refractivity contribution in [2.75, 3.05) is 10.6 Å². The normalized spacial score (nSPS) is 11.1. The average Bonchev–Trinajstić information content (AvgIpc) is 2.86. The van der Waals surface area contributed by atoms with Gasteiger partial charge in [-0.2, -0.15) is 0 Å². The summed E-state index contributed by atoms with van der Waals surface area (Å²) in [6, 6.07) is 42.0. The number of benzene rings is 5. The van der Waals surface area contributed by atoms with Gasteiger partial charge in [-0.05, 0) is 58.5 Å². The number of hydrogen-bond acceptors (Lipinski definition) is 2. The van der Waals surface area contributed by atoms with E-state index in [4.69, 9.17) is 5.73 Å². The summed E-state index contributed by atoms with van der Waals surface area (Å²) in [4.78, 5) is 2.25. The van der Waals surface area contributed by atoms with Crippen molar-refractivity contribution >= 4 is 33.9 Å². The lowest BCUT2D eigenvalue weighted by molar-refractivity contribution is 1.31. The van der Waals surface area contributed by atoms with Crippen LogP contribution in [0.3, 0.4) is 0 Å². The standard InChI is InChI=1S/C30H24N2/c31-27-17-13-24(14-18-27)25-15-19-28(20-16-25)32(22-21-23-7-2-1-3-8-23)30-12-6-10-26-9-4-5-11-29(26)30/h1-22H,31H2. The number of rotatable bonds is 5. The Morgan fingerprint density at radius 3 is 1.94 bits per heavy atom. The van der Waals surface area contributed by atoms with Crippen LogP contribution in [0.4, 0.5) is 17.1 Å². The lowest BCUT2D eigenvalue weighted by atomic mass is 10.0. The molecule has 0 radical (unpaired) electrons. The highest BCUT2D eigenvalue weighted by Crippen LogP contribution is 2.34. The molecule has 154 valence electrons. The molecule has 0 atom stereocenters. The summed E-state index contributed by atoms with van der Waals surface area (Å²) in [6.07, 6.45) is 4.30. The molecule has 0 bridgehead atoms. The highest BCUT2D eigenvalue weighted by Gasteiger charge is 2.10. The van der Waals surface area contributed by atoms with Gasteiger partial charge in [0.05, 0.1) is 5.69 Å². The fourth-order valence-electron chi connectivity index (χ4n) is 3.94. The number of fused-ring (bicyclic) bond motifs is 1. The molecular formula is C30H24N2. The summed E-state index contributed by atoms with van der Waals surface area (Å²) in [5, 5.41) is 2.44. The minimum Gasteiger partial charge on any atom is -0.399 e. The Hall–Kier alpha value is -4.30. The monoisotopic (exact) mass is 412 g/mol. The van der Waals surface area contributed by atoms with Gasteiger partial charge in [-0.1, -0.05) is 91.0 Å². The van der Waals surface area contributed by atoms with Crippen molar-refractivity contribution in [3.63, 3.8) is 0 Å². The third kappa shape index (κ3) is 4.12. The molecule has 5 aromatic carbocycles. The Bertz CT molecular complexity index is 1350. The first-order chi connectivity index (χ1) is 15.8. The summed E-state index contributed by atoms with van der Waals surface area (Å²) in [5.74, 6) is 0. The highest BCUT2D eigenvalue weighted by atomic mass is 15.1. The van der Waals surface area contributed by atoms with Gasteiger partial charge in [-0.3, -0.25) is 0 Å². The van der Waals surface area contributed by atoms with Crippen LogP contribution in [0.5, 0.6) is 0 Å². The zero-order valence-electron chi connectivity index (χ0n) is 17.7. The molecular weight excluding hydrogens is 388 g/mol. The largest absolute Gasteiger partial charge is 0.399 e. The predicted molar refractivity (Wildman–Crippen MR) is 138 cm³/mol. The van der Waals surface area contributed by atoms with Gasteiger partial charge in [0, 0.05) is 23.0 Å². The van der Waals surface area contributed by atoms with Crippen molar-refractivity contribution in [1.82, 2.24) is 0 Å². The van der Waals surface area contributed by atoms with Crippen LogP contribution in [-0.4, -0.2) is 0 Å². The molecule has 5 aromatic rings. The number of anilines is 3. The van der Waals surface area contributed by atoms with Gasteiger partial charge in [0.2, 0.25) is 0 Å². The Morgan fingerprint density at radius 2 is 1.19 bits per heavy atom. The van der Waals surface area contributed by atoms with Crippen molar-refractivity contribution in [1.29, 1.82) is 0 Å². The quantitative estimate of drug-likeness (QED) is 0.297. The fourth-order valence-corrected chi connectivity index (χ4v) is 3.94. The molecule has 0 aliphatic carbocycles. The van der Waals surface area contributed by atoms with Crippen LogP contribution >= 0.6 is 0 Å². The summed E-state index contributed by atoms with van der Waals surface area (Å²) in [7, 11) is 0. The maximum Gasteiger partial charge on any atom is 0.0533 e. The van der Waals surface area contributed by atoms with Crippen molar-refractivity contribution < 1.29 is 0 Å². The molecule has 2 N–H and O–H groups in total. The fraction of sp³-hybridized carbons (Fsp3) is 0. The van der Waals surface area contributed by atoms with Crippen molar-refractivity contribution in [2.45, 2.75) is 0 Å². The maximum absolute atomic E-state index is 5.85. The molecule has 0 saturated heterocycles. The van der Waals surface area contributed by atoms with E-state index in [0.29, 0.717) is 0 Å². The Kier molecular flexibility index (Phi) is 5.42. The third-order valence-corrected chi connectivity index (χ3v) is 5.63. The van der Waals surface area contributed by atoms with Crippen LogP contribution in [-0.2, 0) is 0 Å². The van der Waals surface area contributed by atoms with Crippen LogP contribution in [0.1, 0.15) is 5.56 Å². The van der Waals surface area contributed by atoms with Gasteiger partial charge in [-0.25, -0.2) is 0 Å². The maximum atomic E-state index is 5.85. The smallest absolute Gasteiger partial charge is 0.0533 e. The molecule has 2 nitrogen and oxygen atoms in total. The van der Waals surface area contributed by atoms with E-state index < -0.39 is 0 Å². The summed E-state index contributed by atoms with van der Waals surface area (Å²) in [5.41, 5.74) is 12.4. The third-order valence-electron chi connectivity index (χ3n) is 5.63. The molecule has 0 aliphatic heterocycles. The lowest BCUT2D eigenvalue weighted by Gasteiger charge is -2.23. The second-order valence-corrected chi connectivity index (χ2v) is 7.76. The van der Waals surface area contributed by atoms with E-state index in [1.807, 2.05) is 18.2 Å². The molecule has 0 unspecified atom stereocenters. The first-order valence-corrected chi connectivity index (χ1v) is 10.7. The first-order valence-electron chi connectivity index (χ1n) is 10.7. The molecule has 0 fully saturated rings. The van der Waals surface area contributed by atoms with E-state index in [9.17, 15) is 0 Å². The van der Waals surface area contributed by atoms with Crippen LogP contribution in [0.15, 0.2) is 128 Å². The van der Waals surface area contributed by atoms with Gasteiger partial charge < -0.3 is 10.6 Å². The van der Waals surface area contributed by atoms with Crippen LogP contribution in [0.2, 0.25) is 0 Å². The van der Waals surface area contributed by atoms with E-state index in [0.717, 1.165) is 28.2 Å². The van der Waals surface area contributed by atoms with Crippen LogP contribution in [0.25, 0.3) is 28.0 Å². The van der Waals surface area contributed by atoms with Gasteiger partial charge in [0.15, 0.2) is 0 Å². The number of hydrogen-bond donors (Lipinski definition) is 1. The molecule has 0 aliphatic rings. The lowest BCUT2D eigenvalue weighted by Crippen LogP contribution is -2.08. The number of nitrogen functional groups attached to an aromatic ring is 1. The van der Waals surface area contributed by atoms with Crippen molar-refractivity contribution in [3.05, 3.63) is 133 Å². The molecule has 5 rings (SSSR count). The second-order valence-electron chi connectivity index (χ2n) is 7.76. The Labute approximate surface area is 188 Å². The van der Waals surface area contributed by atoms with E-state index >= 15 is 0 Å². The number of nitrogens with zero attached hydrogens (tertiary/aromatic N) is 1. The predicted octanol–water partition coefficient (Wildman–Crippen LogP) is 7.90. The highest BCUT2D eigenvalue weighted by molar-refractivity contribution is 5.97. The van der Waals surface area contributed by atoms with Gasteiger partial charge in [0.25, 0.3) is 0 Å². The topological polar surface area (TPSA) is 29.3 Å². The minimum atomic E-state index is 0.776. The van der Waals surface area contributed by atoms with E-state index in [-0.39, 0.29) is 0 Å². The van der Waals surface area contributed by atoms with E-state index in [2.05, 4.69) is 120 Å². The Morgan fingerprint density at radius 1 is 0.562 bits per heavy atom. The van der Waals surface area contributed by atoms with Gasteiger partial charge in [-0.15, -0.1) is 0 Å². The van der Waals surface area contributed by atoms with Crippen LogP contribution < -0.4 is 10.6 Å². The summed E-state index contributed by atoms with van der Waals surface area (Å²) in [6.45, 7) is 0. The average molecular weight is 413 g/mol. The molecule has 0 aromatic heterocycles. The molecule has 32 heavy (non-hydrogen) atoms. The van der Waals surface area contributed by atoms with E-state index in [1.165, 1.54) is 16.3 Å². The van der Waals surface area contributed by atoms with E-state index in [1.54, 1.807) is 0 Å². The SMILES string of the molecule is Nc1ccc(-c2ccc(N(C=Cc3ccccc3)c3cccc4ccccc34)cc2)cc1.